The van der Waals surface area contributed by atoms with Crippen LogP contribution in [0.1, 0.15) is 46.2 Å². The van der Waals surface area contributed by atoms with Gasteiger partial charge in [0, 0.05) is 24.5 Å². The molecule has 0 saturated carbocycles. The van der Waals surface area contributed by atoms with Crippen molar-refractivity contribution in [1.82, 2.24) is 15.1 Å². The predicted molar refractivity (Wildman–Crippen MR) is 73.1 cm³/mol. The number of nitrogens with zero attached hydrogens (tertiary/aromatic N) is 2. The molecule has 0 bridgehead atoms. The molecule has 0 aliphatic rings. The third-order valence-electron chi connectivity index (χ3n) is 3.22. The van der Waals surface area contributed by atoms with Crippen LogP contribution in [0.15, 0.2) is 12.3 Å². The van der Waals surface area contributed by atoms with Crippen molar-refractivity contribution < 1.29 is 0 Å². The zero-order chi connectivity index (χ0) is 12.7. The Labute approximate surface area is 106 Å². The molecule has 1 N–H and O–H groups in total. The average molecular weight is 237 g/mol. The van der Waals surface area contributed by atoms with E-state index in [1.54, 1.807) is 0 Å². The van der Waals surface area contributed by atoms with Gasteiger partial charge in [0.25, 0.3) is 0 Å². The molecule has 0 saturated heterocycles. The van der Waals surface area contributed by atoms with Gasteiger partial charge in [-0.2, -0.15) is 5.10 Å². The van der Waals surface area contributed by atoms with Gasteiger partial charge in [-0.3, -0.25) is 4.68 Å². The van der Waals surface area contributed by atoms with Crippen LogP contribution >= 0.6 is 0 Å². The lowest BCUT2D eigenvalue weighted by atomic mass is 9.98. The van der Waals surface area contributed by atoms with Crippen LogP contribution in [0, 0.1) is 5.92 Å². The summed E-state index contributed by atoms with van der Waals surface area (Å²) in [4.78, 5) is 0. The Morgan fingerprint density at radius 1 is 1.35 bits per heavy atom. The fraction of sp³-hybridized carbons (Fsp3) is 0.786. The largest absolute Gasteiger partial charge is 0.314 e. The zero-order valence-electron chi connectivity index (χ0n) is 11.7. The van der Waals surface area contributed by atoms with Crippen LogP contribution in [0.25, 0.3) is 0 Å². The minimum atomic E-state index is 0.616. The molecular formula is C14H27N3. The molecule has 0 aliphatic carbocycles. The van der Waals surface area contributed by atoms with Gasteiger partial charge in [0.05, 0.1) is 0 Å². The molecule has 0 aromatic carbocycles. The summed E-state index contributed by atoms with van der Waals surface area (Å²) >= 11 is 0. The van der Waals surface area contributed by atoms with Crippen LogP contribution in [0.5, 0.6) is 0 Å². The van der Waals surface area contributed by atoms with Gasteiger partial charge >= 0.3 is 0 Å². The topological polar surface area (TPSA) is 29.9 Å². The van der Waals surface area contributed by atoms with Gasteiger partial charge in [0.1, 0.15) is 0 Å². The van der Waals surface area contributed by atoms with Gasteiger partial charge in [0.15, 0.2) is 0 Å². The normalized spacial score (nSPS) is 13.2. The Bertz CT molecular complexity index is 304. The van der Waals surface area contributed by atoms with E-state index < -0.39 is 0 Å². The Hall–Kier alpha value is -0.830. The molecule has 1 unspecified atom stereocenters. The van der Waals surface area contributed by atoms with Crippen molar-refractivity contribution in [3.8, 4) is 0 Å². The molecule has 3 heteroatoms. The second kappa shape index (κ2) is 7.49. The Morgan fingerprint density at radius 3 is 2.71 bits per heavy atom. The number of hydrogen-bond donors (Lipinski definition) is 1. The zero-order valence-corrected chi connectivity index (χ0v) is 11.7. The number of aryl methyl sites for hydroxylation is 2. The van der Waals surface area contributed by atoms with E-state index in [0.717, 1.165) is 25.9 Å². The van der Waals surface area contributed by atoms with E-state index in [-0.39, 0.29) is 0 Å². The molecule has 1 atom stereocenters. The summed E-state index contributed by atoms with van der Waals surface area (Å²) in [5.41, 5.74) is 1.37. The van der Waals surface area contributed by atoms with E-state index in [0.29, 0.717) is 12.0 Å². The molecule has 0 amide bonds. The molecule has 1 aromatic heterocycles. The first-order valence-corrected chi connectivity index (χ1v) is 6.93. The summed E-state index contributed by atoms with van der Waals surface area (Å²) in [5.74, 6) is 0.692. The molecule has 98 valence electrons. The quantitative estimate of drug-likeness (QED) is 0.753. The Morgan fingerprint density at radius 2 is 2.12 bits per heavy atom. The van der Waals surface area contributed by atoms with Crippen LogP contribution < -0.4 is 5.32 Å². The summed E-state index contributed by atoms with van der Waals surface area (Å²) in [6.45, 7) is 11.0. The highest BCUT2D eigenvalue weighted by Crippen LogP contribution is 2.11. The van der Waals surface area contributed by atoms with Crippen molar-refractivity contribution >= 4 is 0 Å². The van der Waals surface area contributed by atoms with Crippen LogP contribution in [-0.2, 0) is 13.0 Å². The number of rotatable bonds is 8. The second-order valence-corrected chi connectivity index (χ2v) is 4.99. The van der Waals surface area contributed by atoms with Gasteiger partial charge < -0.3 is 5.32 Å². The first-order valence-electron chi connectivity index (χ1n) is 6.93. The second-order valence-electron chi connectivity index (χ2n) is 4.99. The van der Waals surface area contributed by atoms with Crippen LogP contribution in [0.4, 0.5) is 0 Å². The highest BCUT2D eigenvalue weighted by molar-refractivity contribution is 5.01. The lowest BCUT2D eigenvalue weighted by Crippen LogP contribution is -2.34. The number of hydrogen-bond acceptors (Lipinski definition) is 2. The molecule has 0 spiro atoms. The molecular weight excluding hydrogens is 210 g/mol. The van der Waals surface area contributed by atoms with E-state index >= 15 is 0 Å². The summed E-state index contributed by atoms with van der Waals surface area (Å²) in [7, 11) is 0. The molecule has 0 aliphatic heterocycles. The van der Waals surface area contributed by atoms with E-state index in [4.69, 9.17) is 0 Å². The highest BCUT2D eigenvalue weighted by Gasteiger charge is 2.12. The maximum Gasteiger partial charge on any atom is 0.0492 e. The molecule has 1 rings (SSSR count). The fourth-order valence-electron chi connectivity index (χ4n) is 2.22. The van der Waals surface area contributed by atoms with Gasteiger partial charge in [-0.1, -0.05) is 27.7 Å². The summed E-state index contributed by atoms with van der Waals surface area (Å²) in [6.07, 6.45) is 5.38. The van der Waals surface area contributed by atoms with Crippen molar-refractivity contribution in [2.24, 2.45) is 5.92 Å². The van der Waals surface area contributed by atoms with Crippen molar-refractivity contribution in [1.29, 1.82) is 0 Å². The summed E-state index contributed by atoms with van der Waals surface area (Å²) in [6, 6.07) is 2.77. The minimum Gasteiger partial charge on any atom is -0.314 e. The van der Waals surface area contributed by atoms with Gasteiger partial charge in [-0.15, -0.1) is 0 Å². The summed E-state index contributed by atoms with van der Waals surface area (Å²) < 4.78 is 2.14. The average Bonchev–Trinajstić information content (AvgIpc) is 2.72. The highest BCUT2D eigenvalue weighted by atomic mass is 15.3. The Balaban J connectivity index is 2.49. The van der Waals surface area contributed by atoms with Crippen molar-refractivity contribution in [3.63, 3.8) is 0 Å². The molecule has 1 heterocycles. The van der Waals surface area contributed by atoms with Crippen molar-refractivity contribution in [2.75, 3.05) is 6.54 Å². The smallest absolute Gasteiger partial charge is 0.0492 e. The van der Waals surface area contributed by atoms with Crippen LogP contribution in [-0.4, -0.2) is 22.4 Å². The lowest BCUT2D eigenvalue weighted by molar-refractivity contribution is 0.381. The fourth-order valence-corrected chi connectivity index (χ4v) is 2.22. The van der Waals surface area contributed by atoms with E-state index in [9.17, 15) is 0 Å². The standard InChI is InChI=1S/C14H27N3/c1-5-11-17-13(9-10-16-17)7-8-14(12(3)4)15-6-2/h9-10,12,14-15H,5-8,11H2,1-4H3. The minimum absolute atomic E-state index is 0.616. The molecule has 0 radical (unpaired) electrons. The Kier molecular flexibility index (Phi) is 6.27. The van der Waals surface area contributed by atoms with E-state index in [2.05, 4.69) is 48.9 Å². The maximum atomic E-state index is 4.37. The van der Waals surface area contributed by atoms with Gasteiger partial charge in [-0.25, -0.2) is 0 Å². The predicted octanol–water partition coefficient (Wildman–Crippen LogP) is 2.86. The SMILES string of the molecule is CCCn1nccc1CCC(NCC)C(C)C. The molecule has 17 heavy (non-hydrogen) atoms. The van der Waals surface area contributed by atoms with Crippen molar-refractivity contribution in [3.05, 3.63) is 18.0 Å². The number of aromatic nitrogens is 2. The lowest BCUT2D eigenvalue weighted by Gasteiger charge is -2.21. The van der Waals surface area contributed by atoms with Gasteiger partial charge in [0.2, 0.25) is 0 Å². The third kappa shape index (κ3) is 4.50. The summed E-state index contributed by atoms with van der Waals surface area (Å²) in [5, 5.41) is 7.94. The molecule has 3 nitrogen and oxygen atoms in total. The van der Waals surface area contributed by atoms with Crippen molar-refractivity contribution in [2.45, 2.75) is 59.5 Å². The van der Waals surface area contributed by atoms with E-state index in [1.807, 2.05) is 6.20 Å². The molecule has 0 fully saturated rings. The van der Waals surface area contributed by atoms with E-state index in [1.165, 1.54) is 12.1 Å². The monoisotopic (exact) mass is 237 g/mol. The van der Waals surface area contributed by atoms with Crippen LogP contribution in [0.2, 0.25) is 0 Å². The van der Waals surface area contributed by atoms with Crippen LogP contribution in [0.3, 0.4) is 0 Å². The first kappa shape index (κ1) is 14.2. The molecule has 1 aromatic rings. The van der Waals surface area contributed by atoms with Gasteiger partial charge in [-0.05, 0) is 37.8 Å². The number of nitrogens with one attached hydrogen (secondary N) is 1. The maximum absolute atomic E-state index is 4.37. The first-order chi connectivity index (χ1) is 8.19. The third-order valence-corrected chi connectivity index (χ3v) is 3.22.